The monoisotopic (exact) mass is 371 g/mol. The normalized spacial score (nSPS) is 15.0. The molecule has 6 nitrogen and oxygen atoms in total. The number of carbonyl (C=O) groups excluding carboxylic acids is 1. The number of rotatable bonds is 10. The largest absolute Gasteiger partial charge is 0.337 e. The second kappa shape index (κ2) is 12.3. The van der Waals surface area contributed by atoms with E-state index in [2.05, 4.69) is 29.5 Å². The Morgan fingerprint density at radius 3 is 2.32 bits per heavy atom. The Bertz CT molecular complexity index is 478. The van der Waals surface area contributed by atoms with Crippen LogP contribution >= 0.6 is 12.4 Å². The van der Waals surface area contributed by atoms with Crippen molar-refractivity contribution in [1.29, 1.82) is 0 Å². The Hall–Kier alpha value is -1.14. The van der Waals surface area contributed by atoms with E-state index >= 15 is 0 Å². The Morgan fingerprint density at radius 1 is 1.16 bits per heavy atom. The number of unbranched alkanes of at least 4 members (excludes halogenated alkanes) is 4. The van der Waals surface area contributed by atoms with Crippen molar-refractivity contribution >= 4 is 18.3 Å². The maximum Gasteiger partial charge on any atom is 0.276 e. The number of nitrogens with one attached hydrogen (secondary N) is 1. The van der Waals surface area contributed by atoms with Gasteiger partial charge >= 0.3 is 0 Å². The molecule has 7 heteroatoms. The van der Waals surface area contributed by atoms with Crippen molar-refractivity contribution in [2.24, 2.45) is 0 Å². The second-order valence-electron chi connectivity index (χ2n) is 6.77. The number of aromatic nitrogens is 3. The van der Waals surface area contributed by atoms with Crippen LogP contribution < -0.4 is 5.32 Å². The average molecular weight is 372 g/mol. The summed E-state index contributed by atoms with van der Waals surface area (Å²) >= 11 is 0. The van der Waals surface area contributed by atoms with E-state index in [1.807, 2.05) is 15.8 Å². The van der Waals surface area contributed by atoms with Gasteiger partial charge < -0.3 is 10.2 Å². The molecule has 1 aromatic rings. The van der Waals surface area contributed by atoms with Gasteiger partial charge in [-0.15, -0.1) is 17.5 Å². The van der Waals surface area contributed by atoms with Gasteiger partial charge in [0.1, 0.15) is 0 Å². The van der Waals surface area contributed by atoms with Crippen LogP contribution in [0.1, 0.15) is 81.7 Å². The molecule has 0 unspecified atom stereocenters. The highest BCUT2D eigenvalue weighted by Crippen LogP contribution is 2.17. The van der Waals surface area contributed by atoms with E-state index in [-0.39, 0.29) is 18.3 Å². The molecule has 1 aromatic heterocycles. The summed E-state index contributed by atoms with van der Waals surface area (Å²) in [6.45, 7) is 8.05. The first kappa shape index (κ1) is 21.9. The minimum atomic E-state index is 0. The first-order valence-corrected chi connectivity index (χ1v) is 9.68. The van der Waals surface area contributed by atoms with Crippen LogP contribution in [0.25, 0.3) is 0 Å². The van der Waals surface area contributed by atoms with Crippen LogP contribution in [0.5, 0.6) is 0 Å². The third-order valence-electron chi connectivity index (χ3n) is 4.76. The zero-order valence-corrected chi connectivity index (χ0v) is 16.6. The third-order valence-corrected chi connectivity index (χ3v) is 4.76. The summed E-state index contributed by atoms with van der Waals surface area (Å²) in [4.78, 5) is 14.8. The van der Waals surface area contributed by atoms with Crippen LogP contribution in [-0.2, 0) is 0 Å². The van der Waals surface area contributed by atoms with Crippen LogP contribution in [0.2, 0.25) is 0 Å². The van der Waals surface area contributed by atoms with E-state index in [4.69, 9.17) is 0 Å². The van der Waals surface area contributed by atoms with Gasteiger partial charge in [0.15, 0.2) is 5.69 Å². The number of piperidine rings is 1. The zero-order valence-electron chi connectivity index (χ0n) is 15.7. The molecule has 1 fully saturated rings. The fourth-order valence-electron chi connectivity index (χ4n) is 3.21. The van der Waals surface area contributed by atoms with Gasteiger partial charge in [-0.1, -0.05) is 44.7 Å². The number of carbonyl (C=O) groups is 1. The molecule has 0 bridgehead atoms. The molecule has 2 heterocycles. The molecule has 0 aromatic carbocycles. The molecule has 1 amide bonds. The minimum absolute atomic E-state index is 0. The summed E-state index contributed by atoms with van der Waals surface area (Å²) in [5.41, 5.74) is 0.501. The standard InChI is InChI=1S/C18H33N5O.ClH/c1-3-5-7-13-22(14-8-6-4-2)18(24)17-15-23(21-20-17)16-9-11-19-12-10-16;/h15-16,19H,3-14H2,1-2H3;1H. The Balaban J connectivity index is 0.00000312. The molecule has 2 rings (SSSR count). The molecule has 144 valence electrons. The first-order chi connectivity index (χ1) is 11.8. The predicted molar refractivity (Wildman–Crippen MR) is 103 cm³/mol. The maximum absolute atomic E-state index is 12.8. The van der Waals surface area contributed by atoms with Gasteiger partial charge in [0, 0.05) is 13.1 Å². The molecule has 0 spiro atoms. The van der Waals surface area contributed by atoms with Crippen LogP contribution in [0, 0.1) is 0 Å². The number of hydrogen-bond donors (Lipinski definition) is 1. The summed E-state index contributed by atoms with van der Waals surface area (Å²) in [5, 5.41) is 11.8. The summed E-state index contributed by atoms with van der Waals surface area (Å²) in [5.74, 6) is 0.0439. The predicted octanol–water partition coefficient (Wildman–Crippen LogP) is 3.45. The van der Waals surface area contributed by atoms with Gasteiger partial charge in [-0.05, 0) is 38.8 Å². The fourth-order valence-corrected chi connectivity index (χ4v) is 3.21. The lowest BCUT2D eigenvalue weighted by Crippen LogP contribution is -2.33. The fraction of sp³-hybridized carbons (Fsp3) is 0.833. The summed E-state index contributed by atoms with van der Waals surface area (Å²) in [7, 11) is 0. The molecule has 0 saturated carbocycles. The quantitative estimate of drug-likeness (QED) is 0.640. The van der Waals surface area contributed by atoms with Gasteiger partial charge in [-0.2, -0.15) is 0 Å². The van der Waals surface area contributed by atoms with Crippen molar-refractivity contribution < 1.29 is 4.79 Å². The minimum Gasteiger partial charge on any atom is -0.337 e. The van der Waals surface area contributed by atoms with Crippen molar-refractivity contribution in [2.75, 3.05) is 26.2 Å². The van der Waals surface area contributed by atoms with Gasteiger partial charge in [-0.3, -0.25) is 4.79 Å². The first-order valence-electron chi connectivity index (χ1n) is 9.68. The lowest BCUT2D eigenvalue weighted by Gasteiger charge is -2.22. The van der Waals surface area contributed by atoms with E-state index in [9.17, 15) is 4.79 Å². The Kier molecular flexibility index (Phi) is 10.7. The average Bonchev–Trinajstić information content (AvgIpc) is 3.11. The van der Waals surface area contributed by atoms with Crippen molar-refractivity contribution in [3.63, 3.8) is 0 Å². The number of hydrogen-bond acceptors (Lipinski definition) is 4. The smallest absolute Gasteiger partial charge is 0.276 e. The molecule has 0 radical (unpaired) electrons. The molecule has 0 aliphatic carbocycles. The lowest BCUT2D eigenvalue weighted by atomic mass is 10.1. The molecular weight excluding hydrogens is 338 g/mol. The molecular formula is C18H34ClN5O. The number of halogens is 1. The van der Waals surface area contributed by atoms with Gasteiger partial charge in [0.05, 0.1) is 12.2 Å². The highest BCUT2D eigenvalue weighted by atomic mass is 35.5. The summed E-state index contributed by atoms with van der Waals surface area (Å²) in [6, 6.07) is 0.369. The van der Waals surface area contributed by atoms with Crippen LogP contribution in [0.15, 0.2) is 6.20 Å². The van der Waals surface area contributed by atoms with Crippen molar-refractivity contribution in [3.05, 3.63) is 11.9 Å². The Labute approximate surface area is 158 Å². The van der Waals surface area contributed by atoms with Gasteiger partial charge in [-0.25, -0.2) is 4.68 Å². The van der Waals surface area contributed by atoms with Crippen molar-refractivity contribution in [3.8, 4) is 0 Å². The lowest BCUT2D eigenvalue weighted by molar-refractivity contribution is 0.0743. The molecule has 1 saturated heterocycles. The molecule has 1 aliphatic heterocycles. The molecule has 1 aliphatic rings. The van der Waals surface area contributed by atoms with Gasteiger partial charge in [0.2, 0.25) is 0 Å². The van der Waals surface area contributed by atoms with Crippen LogP contribution in [-0.4, -0.2) is 52.0 Å². The highest BCUT2D eigenvalue weighted by molar-refractivity contribution is 5.91. The van der Waals surface area contributed by atoms with E-state index in [1.165, 1.54) is 25.7 Å². The van der Waals surface area contributed by atoms with Crippen LogP contribution in [0.3, 0.4) is 0 Å². The molecule has 0 atom stereocenters. The molecule has 25 heavy (non-hydrogen) atoms. The van der Waals surface area contributed by atoms with Crippen molar-refractivity contribution in [1.82, 2.24) is 25.2 Å². The van der Waals surface area contributed by atoms with Crippen LogP contribution in [0.4, 0.5) is 0 Å². The summed E-state index contributed by atoms with van der Waals surface area (Å²) in [6.07, 6.45) is 10.8. The maximum atomic E-state index is 12.8. The number of nitrogens with zero attached hydrogens (tertiary/aromatic N) is 4. The highest BCUT2D eigenvalue weighted by Gasteiger charge is 2.21. The zero-order chi connectivity index (χ0) is 17.2. The second-order valence-corrected chi connectivity index (χ2v) is 6.77. The Morgan fingerprint density at radius 2 is 1.76 bits per heavy atom. The third kappa shape index (κ3) is 6.94. The number of amides is 1. The van der Waals surface area contributed by atoms with E-state index in [0.717, 1.165) is 51.9 Å². The molecule has 1 N–H and O–H groups in total. The van der Waals surface area contributed by atoms with E-state index < -0.39 is 0 Å². The topological polar surface area (TPSA) is 63.1 Å². The van der Waals surface area contributed by atoms with Gasteiger partial charge in [0.25, 0.3) is 5.91 Å². The van der Waals surface area contributed by atoms with E-state index in [0.29, 0.717) is 11.7 Å². The SMILES string of the molecule is CCCCCN(CCCCC)C(=O)c1cn(C2CCNCC2)nn1.Cl. The van der Waals surface area contributed by atoms with Crippen molar-refractivity contribution in [2.45, 2.75) is 71.3 Å². The van der Waals surface area contributed by atoms with E-state index in [1.54, 1.807) is 0 Å². The summed E-state index contributed by atoms with van der Waals surface area (Å²) < 4.78 is 1.89.